The molecule has 0 aromatic carbocycles. The summed E-state index contributed by atoms with van der Waals surface area (Å²) in [6.07, 6.45) is 4.33. The molecule has 3 heteroatoms. The zero-order valence-electron chi connectivity index (χ0n) is 7.38. The number of carbonyl (C=O) groups excluding carboxylic acids is 1. The first-order valence-corrected chi connectivity index (χ1v) is 4.54. The maximum Gasteiger partial charge on any atom is 0.326 e. The summed E-state index contributed by atoms with van der Waals surface area (Å²) < 4.78 is 4.73. The van der Waals surface area contributed by atoms with Crippen LogP contribution in [0.1, 0.15) is 25.7 Å². The monoisotopic (exact) mass is 169 g/mol. The fourth-order valence-corrected chi connectivity index (χ4v) is 2.81. The SMILES string of the molecule is COC(=O)[C@@]1(N)C[C@H]2CC[C@@H]1C2. The van der Waals surface area contributed by atoms with Gasteiger partial charge < -0.3 is 10.5 Å². The van der Waals surface area contributed by atoms with E-state index in [1.165, 1.54) is 13.5 Å². The van der Waals surface area contributed by atoms with E-state index in [4.69, 9.17) is 10.5 Å². The van der Waals surface area contributed by atoms with E-state index in [-0.39, 0.29) is 5.97 Å². The smallest absolute Gasteiger partial charge is 0.326 e. The molecule has 2 bridgehead atoms. The number of methoxy groups -OCH3 is 1. The molecule has 0 saturated heterocycles. The van der Waals surface area contributed by atoms with Crippen molar-refractivity contribution in [1.82, 2.24) is 0 Å². The average Bonchev–Trinajstić information content (AvgIpc) is 2.62. The van der Waals surface area contributed by atoms with Gasteiger partial charge in [-0.3, -0.25) is 4.79 Å². The zero-order chi connectivity index (χ0) is 8.77. The van der Waals surface area contributed by atoms with Crippen molar-refractivity contribution in [2.75, 3.05) is 7.11 Å². The lowest BCUT2D eigenvalue weighted by Gasteiger charge is -2.30. The van der Waals surface area contributed by atoms with E-state index in [1.54, 1.807) is 0 Å². The Kier molecular flexibility index (Phi) is 1.65. The number of fused-ring (bicyclic) bond motifs is 2. The van der Waals surface area contributed by atoms with Gasteiger partial charge in [0.2, 0.25) is 0 Å². The number of hydrogen-bond acceptors (Lipinski definition) is 3. The summed E-state index contributed by atoms with van der Waals surface area (Å²) in [6.45, 7) is 0. The second-order valence-electron chi connectivity index (χ2n) is 4.11. The highest BCUT2D eigenvalue weighted by atomic mass is 16.5. The Labute approximate surface area is 72.3 Å². The Morgan fingerprint density at radius 1 is 1.58 bits per heavy atom. The van der Waals surface area contributed by atoms with Crippen molar-refractivity contribution < 1.29 is 9.53 Å². The van der Waals surface area contributed by atoms with Crippen molar-refractivity contribution in [2.24, 2.45) is 17.6 Å². The highest BCUT2D eigenvalue weighted by molar-refractivity contribution is 5.81. The minimum atomic E-state index is -0.641. The van der Waals surface area contributed by atoms with Gasteiger partial charge in [-0.25, -0.2) is 0 Å². The van der Waals surface area contributed by atoms with Crippen LogP contribution in [0.5, 0.6) is 0 Å². The molecule has 0 amide bonds. The van der Waals surface area contributed by atoms with Crippen LogP contribution in [-0.2, 0) is 9.53 Å². The van der Waals surface area contributed by atoms with Crippen LogP contribution >= 0.6 is 0 Å². The molecule has 0 aromatic heterocycles. The molecule has 0 spiro atoms. The summed E-state index contributed by atoms with van der Waals surface area (Å²) in [5, 5.41) is 0. The predicted octanol–water partition coefficient (Wildman–Crippen LogP) is 0.677. The summed E-state index contributed by atoms with van der Waals surface area (Å²) in [5.41, 5.74) is 5.38. The molecule has 2 rings (SSSR count). The van der Waals surface area contributed by atoms with Crippen molar-refractivity contribution in [3.63, 3.8) is 0 Å². The number of rotatable bonds is 1. The van der Waals surface area contributed by atoms with Gasteiger partial charge in [0.15, 0.2) is 0 Å². The van der Waals surface area contributed by atoms with E-state index in [0.717, 1.165) is 19.3 Å². The molecule has 2 aliphatic carbocycles. The number of hydrogen-bond donors (Lipinski definition) is 1. The van der Waals surface area contributed by atoms with Crippen molar-refractivity contribution in [3.8, 4) is 0 Å². The first-order valence-electron chi connectivity index (χ1n) is 4.54. The summed E-state index contributed by atoms with van der Waals surface area (Å²) in [6, 6.07) is 0. The van der Waals surface area contributed by atoms with Crippen LogP contribution in [0.4, 0.5) is 0 Å². The third-order valence-electron chi connectivity index (χ3n) is 3.46. The summed E-state index contributed by atoms with van der Waals surface area (Å²) in [4.78, 5) is 11.4. The lowest BCUT2D eigenvalue weighted by atomic mass is 9.82. The number of esters is 1. The standard InChI is InChI=1S/C9H15NO2/c1-12-8(11)9(10)5-6-2-3-7(9)4-6/h6-7H,2-5,10H2,1H3/t6-,7+,9+/m0/s1. The second kappa shape index (κ2) is 2.46. The van der Waals surface area contributed by atoms with Gasteiger partial charge in [0.1, 0.15) is 5.54 Å². The summed E-state index contributed by atoms with van der Waals surface area (Å²) >= 11 is 0. The Balaban J connectivity index is 2.17. The van der Waals surface area contributed by atoms with Crippen LogP contribution in [0.2, 0.25) is 0 Å². The van der Waals surface area contributed by atoms with Gasteiger partial charge >= 0.3 is 5.97 Å². The van der Waals surface area contributed by atoms with Crippen LogP contribution in [0.25, 0.3) is 0 Å². The van der Waals surface area contributed by atoms with Crippen LogP contribution < -0.4 is 5.73 Å². The van der Waals surface area contributed by atoms with Gasteiger partial charge in [0.05, 0.1) is 7.11 Å². The molecule has 2 saturated carbocycles. The average molecular weight is 169 g/mol. The molecular weight excluding hydrogens is 154 g/mol. The van der Waals surface area contributed by atoms with Gasteiger partial charge in [-0.15, -0.1) is 0 Å². The van der Waals surface area contributed by atoms with Crippen LogP contribution in [0.3, 0.4) is 0 Å². The van der Waals surface area contributed by atoms with Gasteiger partial charge in [0.25, 0.3) is 0 Å². The van der Waals surface area contributed by atoms with E-state index in [9.17, 15) is 4.79 Å². The van der Waals surface area contributed by atoms with E-state index in [2.05, 4.69) is 0 Å². The zero-order valence-corrected chi connectivity index (χ0v) is 7.38. The van der Waals surface area contributed by atoms with Crippen molar-refractivity contribution in [3.05, 3.63) is 0 Å². The fourth-order valence-electron chi connectivity index (χ4n) is 2.81. The number of ether oxygens (including phenoxy) is 1. The fraction of sp³-hybridized carbons (Fsp3) is 0.889. The van der Waals surface area contributed by atoms with Crippen molar-refractivity contribution in [2.45, 2.75) is 31.2 Å². The molecule has 0 aliphatic heterocycles. The first kappa shape index (κ1) is 8.05. The van der Waals surface area contributed by atoms with E-state index in [0.29, 0.717) is 11.8 Å². The van der Waals surface area contributed by atoms with Crippen molar-refractivity contribution >= 4 is 5.97 Å². The molecule has 2 fully saturated rings. The van der Waals surface area contributed by atoms with Crippen LogP contribution in [0, 0.1) is 11.8 Å². The Morgan fingerprint density at radius 3 is 2.75 bits per heavy atom. The highest BCUT2D eigenvalue weighted by Gasteiger charge is 2.53. The van der Waals surface area contributed by atoms with Gasteiger partial charge in [0, 0.05) is 0 Å². The van der Waals surface area contributed by atoms with Gasteiger partial charge in [-0.2, -0.15) is 0 Å². The Hall–Kier alpha value is -0.570. The van der Waals surface area contributed by atoms with Crippen LogP contribution in [0.15, 0.2) is 0 Å². The molecule has 12 heavy (non-hydrogen) atoms. The minimum Gasteiger partial charge on any atom is -0.468 e. The second-order valence-corrected chi connectivity index (χ2v) is 4.11. The van der Waals surface area contributed by atoms with E-state index in [1.807, 2.05) is 0 Å². The molecule has 2 aliphatic rings. The summed E-state index contributed by atoms with van der Waals surface area (Å²) in [5.74, 6) is 0.851. The lowest BCUT2D eigenvalue weighted by molar-refractivity contribution is -0.149. The van der Waals surface area contributed by atoms with Crippen LogP contribution in [-0.4, -0.2) is 18.6 Å². The maximum atomic E-state index is 11.4. The van der Waals surface area contributed by atoms with Crippen molar-refractivity contribution in [1.29, 1.82) is 0 Å². The minimum absolute atomic E-state index is 0.213. The molecule has 0 heterocycles. The number of nitrogens with two attached hydrogens (primary N) is 1. The van der Waals surface area contributed by atoms with Gasteiger partial charge in [-0.1, -0.05) is 6.42 Å². The quantitative estimate of drug-likeness (QED) is 0.587. The molecule has 0 unspecified atom stereocenters. The summed E-state index contributed by atoms with van der Waals surface area (Å²) in [7, 11) is 1.42. The molecule has 68 valence electrons. The topological polar surface area (TPSA) is 52.3 Å². The number of carbonyl (C=O) groups is 1. The molecule has 0 radical (unpaired) electrons. The highest BCUT2D eigenvalue weighted by Crippen LogP contribution is 2.49. The largest absolute Gasteiger partial charge is 0.468 e. The Morgan fingerprint density at radius 2 is 2.33 bits per heavy atom. The molecular formula is C9H15NO2. The lowest BCUT2D eigenvalue weighted by Crippen LogP contribution is -2.52. The van der Waals surface area contributed by atoms with E-state index < -0.39 is 5.54 Å². The predicted molar refractivity (Wildman–Crippen MR) is 44.4 cm³/mol. The normalized spacial score (nSPS) is 44.8. The third kappa shape index (κ3) is 0.891. The van der Waals surface area contributed by atoms with Gasteiger partial charge in [-0.05, 0) is 31.1 Å². The molecule has 0 aromatic rings. The molecule has 3 atom stereocenters. The first-order chi connectivity index (χ1) is 5.66. The Bertz CT molecular complexity index is 217. The van der Waals surface area contributed by atoms with E-state index >= 15 is 0 Å². The third-order valence-corrected chi connectivity index (χ3v) is 3.46. The maximum absolute atomic E-state index is 11.4. The molecule has 3 nitrogen and oxygen atoms in total. The molecule has 2 N–H and O–H groups in total.